The maximum Gasteiger partial charge on any atom is 0.332 e. The van der Waals surface area contributed by atoms with Crippen molar-refractivity contribution in [1.82, 2.24) is 0 Å². The van der Waals surface area contributed by atoms with E-state index in [9.17, 15) is 18.0 Å². The normalized spacial score (nSPS) is 13.4. The molecule has 0 heterocycles. The van der Waals surface area contributed by atoms with Crippen LogP contribution in [0.3, 0.4) is 0 Å². The van der Waals surface area contributed by atoms with E-state index < -0.39 is 18.4 Å². The van der Waals surface area contributed by atoms with Crippen LogP contribution in [0.15, 0.2) is 0 Å². The predicted octanol–water partition coefficient (Wildman–Crippen LogP) is 5.86. The molecule has 0 aromatic carbocycles. The second-order valence-electron chi connectivity index (χ2n) is 5.58. The summed E-state index contributed by atoms with van der Waals surface area (Å²) in [6.45, 7) is 2.20. The van der Waals surface area contributed by atoms with Crippen LogP contribution < -0.4 is 0 Å². The third-order valence-corrected chi connectivity index (χ3v) is 3.64. The largest absolute Gasteiger partial charge is 0.332 e. The molecule has 0 saturated heterocycles. The molecular weight excluding hydrogens is 265 g/mol. The lowest BCUT2D eigenvalue weighted by Gasteiger charge is -2.13. The van der Waals surface area contributed by atoms with E-state index in [-0.39, 0.29) is 6.42 Å². The van der Waals surface area contributed by atoms with Crippen LogP contribution in [0.2, 0.25) is 0 Å². The summed E-state index contributed by atoms with van der Waals surface area (Å²) in [4.78, 5) is 9.98. The van der Waals surface area contributed by atoms with Crippen molar-refractivity contribution in [2.45, 2.75) is 96.1 Å². The number of halogens is 3. The monoisotopic (exact) mass is 294 g/mol. The smallest absolute Gasteiger partial charge is 0.297 e. The van der Waals surface area contributed by atoms with Crippen LogP contribution in [0.5, 0.6) is 0 Å². The molecule has 20 heavy (non-hydrogen) atoms. The van der Waals surface area contributed by atoms with Crippen molar-refractivity contribution >= 4 is 6.29 Å². The van der Waals surface area contributed by atoms with Crippen LogP contribution in [0.1, 0.15) is 84.0 Å². The van der Waals surface area contributed by atoms with Crippen molar-refractivity contribution < 1.29 is 18.0 Å². The highest BCUT2D eigenvalue weighted by Gasteiger charge is 2.39. The Labute approximate surface area is 121 Å². The molecule has 1 nitrogen and oxygen atoms in total. The molecule has 0 N–H and O–H groups in total. The van der Waals surface area contributed by atoms with Crippen LogP contribution in [0.25, 0.3) is 0 Å². The minimum atomic E-state index is -3.81. The Morgan fingerprint density at radius 3 is 1.65 bits per heavy atom. The van der Waals surface area contributed by atoms with Gasteiger partial charge in [0.15, 0.2) is 12.5 Å². The van der Waals surface area contributed by atoms with E-state index in [1.807, 2.05) is 0 Å². The fourth-order valence-electron chi connectivity index (χ4n) is 2.25. The zero-order valence-corrected chi connectivity index (χ0v) is 12.7. The van der Waals surface area contributed by atoms with Gasteiger partial charge >= 0.3 is 5.92 Å². The number of unbranched alkanes of at least 4 members (excludes halogenated alkanes) is 10. The van der Waals surface area contributed by atoms with Gasteiger partial charge in [0.2, 0.25) is 0 Å². The molecule has 0 rings (SSSR count). The molecule has 0 spiro atoms. The Morgan fingerprint density at radius 1 is 0.850 bits per heavy atom. The topological polar surface area (TPSA) is 17.1 Å². The van der Waals surface area contributed by atoms with E-state index in [0.717, 1.165) is 19.3 Å². The highest BCUT2D eigenvalue weighted by Crippen LogP contribution is 2.23. The highest BCUT2D eigenvalue weighted by molar-refractivity contribution is 5.60. The summed E-state index contributed by atoms with van der Waals surface area (Å²) in [7, 11) is 0. The van der Waals surface area contributed by atoms with Crippen molar-refractivity contribution in [1.29, 1.82) is 0 Å². The Bertz CT molecular complexity index is 232. The lowest BCUT2D eigenvalue weighted by atomic mass is 10.0. The summed E-state index contributed by atoms with van der Waals surface area (Å²) in [5, 5.41) is 0. The maximum atomic E-state index is 13.0. The fourth-order valence-corrected chi connectivity index (χ4v) is 2.25. The average Bonchev–Trinajstić information content (AvgIpc) is 2.44. The first-order valence-electron chi connectivity index (χ1n) is 8.02. The zero-order valence-electron chi connectivity index (χ0n) is 12.7. The van der Waals surface area contributed by atoms with E-state index in [1.54, 1.807) is 0 Å². The van der Waals surface area contributed by atoms with E-state index in [1.165, 1.54) is 44.9 Å². The van der Waals surface area contributed by atoms with Gasteiger partial charge in [0.05, 0.1) is 0 Å². The zero-order chi connectivity index (χ0) is 15.3. The molecule has 0 fully saturated rings. The Hall–Kier alpha value is -0.540. The molecule has 4 heteroatoms. The standard InChI is InChI=1S/C16H29F3O/c1-2-3-4-5-6-7-8-9-10-11-12-13-15(17)16(18,19)14-20/h14-15H,2-13H2,1H3. The van der Waals surface area contributed by atoms with Gasteiger partial charge in [0.1, 0.15) is 0 Å². The van der Waals surface area contributed by atoms with Gasteiger partial charge in [0.25, 0.3) is 0 Å². The van der Waals surface area contributed by atoms with Crippen LogP contribution >= 0.6 is 0 Å². The highest BCUT2D eigenvalue weighted by atomic mass is 19.3. The van der Waals surface area contributed by atoms with E-state index in [4.69, 9.17) is 0 Å². The molecule has 1 unspecified atom stereocenters. The number of hydrogen-bond acceptors (Lipinski definition) is 1. The predicted molar refractivity (Wildman–Crippen MR) is 77.0 cm³/mol. The minimum absolute atomic E-state index is 0.219. The van der Waals surface area contributed by atoms with Gasteiger partial charge in [-0.1, -0.05) is 77.6 Å². The number of hydrogen-bond donors (Lipinski definition) is 0. The molecule has 0 aliphatic heterocycles. The van der Waals surface area contributed by atoms with E-state index >= 15 is 0 Å². The van der Waals surface area contributed by atoms with Crippen LogP contribution in [0.4, 0.5) is 13.2 Å². The Balaban J connectivity index is 3.27. The van der Waals surface area contributed by atoms with Crippen LogP contribution in [-0.2, 0) is 4.79 Å². The molecule has 0 bridgehead atoms. The SMILES string of the molecule is CCCCCCCCCCCCCC(F)C(F)(F)C=O. The first-order valence-corrected chi connectivity index (χ1v) is 8.02. The van der Waals surface area contributed by atoms with E-state index in [2.05, 4.69) is 6.92 Å². The Morgan fingerprint density at radius 2 is 1.25 bits per heavy atom. The van der Waals surface area contributed by atoms with Gasteiger partial charge in [-0.25, -0.2) is 4.39 Å². The number of carbonyl (C=O) groups excluding carboxylic acids is 1. The van der Waals surface area contributed by atoms with Gasteiger partial charge in [-0.05, 0) is 6.42 Å². The van der Waals surface area contributed by atoms with Crippen molar-refractivity contribution in [2.75, 3.05) is 0 Å². The molecular formula is C16H29F3O. The molecule has 0 amide bonds. The van der Waals surface area contributed by atoms with Crippen molar-refractivity contribution in [2.24, 2.45) is 0 Å². The summed E-state index contributed by atoms with van der Waals surface area (Å²) in [5.74, 6) is -3.81. The summed E-state index contributed by atoms with van der Waals surface area (Å²) >= 11 is 0. The van der Waals surface area contributed by atoms with Crippen molar-refractivity contribution in [3.8, 4) is 0 Å². The van der Waals surface area contributed by atoms with Gasteiger partial charge in [-0.2, -0.15) is 8.78 Å². The quantitative estimate of drug-likeness (QED) is 0.290. The molecule has 120 valence electrons. The molecule has 0 aromatic heterocycles. The maximum absolute atomic E-state index is 13.0. The molecule has 0 aliphatic rings. The van der Waals surface area contributed by atoms with Gasteiger partial charge in [-0.3, -0.25) is 4.79 Å². The lowest BCUT2D eigenvalue weighted by Crippen LogP contribution is -2.31. The summed E-state index contributed by atoms with van der Waals surface area (Å²) in [6, 6.07) is 0. The minimum Gasteiger partial charge on any atom is -0.297 e. The lowest BCUT2D eigenvalue weighted by molar-refractivity contribution is -0.139. The third-order valence-electron chi connectivity index (χ3n) is 3.64. The average molecular weight is 294 g/mol. The van der Waals surface area contributed by atoms with Crippen molar-refractivity contribution in [3.05, 3.63) is 0 Å². The van der Waals surface area contributed by atoms with E-state index in [0.29, 0.717) is 6.42 Å². The molecule has 0 radical (unpaired) electrons. The van der Waals surface area contributed by atoms with Crippen molar-refractivity contribution in [3.63, 3.8) is 0 Å². The number of rotatable bonds is 14. The Kier molecular flexibility index (Phi) is 11.9. The van der Waals surface area contributed by atoms with Crippen LogP contribution in [-0.4, -0.2) is 18.4 Å². The third kappa shape index (κ3) is 10.3. The summed E-state index contributed by atoms with van der Waals surface area (Å²) < 4.78 is 38.2. The van der Waals surface area contributed by atoms with Crippen LogP contribution in [0, 0.1) is 0 Å². The molecule has 1 atom stereocenters. The number of aldehydes is 1. The first-order chi connectivity index (χ1) is 9.54. The summed E-state index contributed by atoms with van der Waals surface area (Å²) in [5.41, 5.74) is 0. The second kappa shape index (κ2) is 12.2. The summed E-state index contributed by atoms with van der Waals surface area (Å²) in [6.07, 6.45) is 9.02. The van der Waals surface area contributed by atoms with Gasteiger partial charge in [0, 0.05) is 0 Å². The molecule has 0 aliphatic carbocycles. The van der Waals surface area contributed by atoms with Gasteiger partial charge < -0.3 is 0 Å². The molecule has 0 aromatic rings. The van der Waals surface area contributed by atoms with Gasteiger partial charge in [-0.15, -0.1) is 0 Å². The number of alkyl halides is 3. The second-order valence-corrected chi connectivity index (χ2v) is 5.58. The molecule has 0 saturated carbocycles. The first kappa shape index (κ1) is 19.5. The fraction of sp³-hybridized carbons (Fsp3) is 0.938. The number of carbonyl (C=O) groups is 1.